The average Bonchev–Trinajstić information content (AvgIpc) is 2.16. The number of phenols is 1. The Kier molecular flexibility index (Phi) is 3.59. The summed E-state index contributed by atoms with van der Waals surface area (Å²) in [6, 6.07) is 6.61. The molecular weight excluding hydrogens is 200 g/mol. The molecule has 0 radical (unpaired) electrons. The number of phenolic OH excluding ortho intramolecular Hbond substituents is 1. The van der Waals surface area contributed by atoms with Gasteiger partial charge in [0, 0.05) is 5.56 Å². The van der Waals surface area contributed by atoms with Gasteiger partial charge in [-0.25, -0.2) is 4.79 Å². The molecule has 0 aliphatic rings. The maximum atomic E-state index is 10.7. The third kappa shape index (κ3) is 2.53. The molecule has 0 saturated carbocycles. The Labute approximate surface area is 86.1 Å². The zero-order chi connectivity index (χ0) is 10.6. The third-order valence-electron chi connectivity index (χ3n) is 1.65. The van der Waals surface area contributed by atoms with Crippen molar-refractivity contribution in [2.24, 2.45) is 0 Å². The molecule has 0 fully saturated rings. The number of benzene rings is 1. The smallest absolute Gasteiger partial charge is 0.342 e. The first kappa shape index (κ1) is 10.7. The lowest BCUT2D eigenvalue weighted by Crippen LogP contribution is -1.95. The fraction of sp³-hybridized carbons (Fsp3) is 0.100. The highest BCUT2D eigenvalue weighted by molar-refractivity contribution is 8.03. The minimum absolute atomic E-state index is 0.0836. The van der Waals surface area contributed by atoms with Crippen LogP contribution in [0.2, 0.25) is 0 Å². The Balaban J connectivity index is 3.07. The molecular formula is C10H10O3S. The van der Waals surface area contributed by atoms with Gasteiger partial charge in [-0.3, -0.25) is 0 Å². The second-order valence-electron chi connectivity index (χ2n) is 2.58. The van der Waals surface area contributed by atoms with Gasteiger partial charge in [-0.2, -0.15) is 0 Å². The normalized spacial score (nSPS) is 11.4. The zero-order valence-electron chi connectivity index (χ0n) is 7.60. The molecule has 2 N–H and O–H groups in total. The van der Waals surface area contributed by atoms with Gasteiger partial charge in [0.2, 0.25) is 0 Å². The van der Waals surface area contributed by atoms with E-state index in [2.05, 4.69) is 0 Å². The van der Waals surface area contributed by atoms with Crippen molar-refractivity contribution < 1.29 is 15.0 Å². The van der Waals surface area contributed by atoms with E-state index in [1.54, 1.807) is 24.5 Å². The molecule has 3 nitrogen and oxygen atoms in total. The van der Waals surface area contributed by atoms with E-state index in [1.807, 2.05) is 0 Å². The standard InChI is InChI=1S/C10H10O3S/c1-14-9(10(12)13)6-7-4-2-3-5-8(7)11/h2-6,11H,1H3,(H,12,13)/b9-6+. The molecule has 4 heteroatoms. The van der Waals surface area contributed by atoms with Crippen LogP contribution in [0.3, 0.4) is 0 Å². The molecule has 1 aromatic rings. The van der Waals surface area contributed by atoms with Gasteiger partial charge >= 0.3 is 5.97 Å². The first-order valence-corrected chi connectivity index (χ1v) is 5.14. The minimum atomic E-state index is -0.985. The van der Waals surface area contributed by atoms with Crippen LogP contribution in [-0.2, 0) is 4.79 Å². The average molecular weight is 210 g/mol. The predicted octanol–water partition coefficient (Wildman–Crippen LogP) is 2.18. The summed E-state index contributed by atoms with van der Waals surface area (Å²) in [6.45, 7) is 0. The second kappa shape index (κ2) is 4.72. The summed E-state index contributed by atoms with van der Waals surface area (Å²) in [5, 5.41) is 18.1. The van der Waals surface area contributed by atoms with Crippen molar-refractivity contribution in [3.8, 4) is 5.75 Å². The van der Waals surface area contributed by atoms with Gasteiger partial charge in [0.05, 0.1) is 4.91 Å². The molecule has 0 spiro atoms. The van der Waals surface area contributed by atoms with E-state index < -0.39 is 5.97 Å². The Bertz CT molecular complexity index is 371. The van der Waals surface area contributed by atoms with E-state index in [9.17, 15) is 9.90 Å². The predicted molar refractivity (Wildman–Crippen MR) is 57.2 cm³/mol. The number of carboxylic acid groups (broad SMARTS) is 1. The molecule has 1 rings (SSSR count). The molecule has 0 unspecified atom stereocenters. The van der Waals surface area contributed by atoms with Crippen LogP contribution in [0.1, 0.15) is 5.56 Å². The molecule has 0 aliphatic carbocycles. The lowest BCUT2D eigenvalue weighted by atomic mass is 10.2. The number of hydrogen-bond acceptors (Lipinski definition) is 3. The van der Waals surface area contributed by atoms with Crippen LogP contribution in [0.15, 0.2) is 29.2 Å². The van der Waals surface area contributed by atoms with E-state index in [-0.39, 0.29) is 10.7 Å². The lowest BCUT2D eigenvalue weighted by Gasteiger charge is -2.00. The van der Waals surface area contributed by atoms with Crippen molar-refractivity contribution in [3.63, 3.8) is 0 Å². The molecule has 0 aromatic heterocycles. The summed E-state index contributed by atoms with van der Waals surface area (Å²) in [5.74, 6) is -0.902. The molecule has 14 heavy (non-hydrogen) atoms. The van der Waals surface area contributed by atoms with E-state index in [1.165, 1.54) is 12.1 Å². The number of carboxylic acids is 1. The lowest BCUT2D eigenvalue weighted by molar-refractivity contribution is -0.131. The van der Waals surface area contributed by atoms with Crippen molar-refractivity contribution in [2.45, 2.75) is 0 Å². The molecule has 74 valence electrons. The van der Waals surface area contributed by atoms with Crippen LogP contribution in [0.5, 0.6) is 5.75 Å². The Morgan fingerprint density at radius 2 is 2.07 bits per heavy atom. The Morgan fingerprint density at radius 1 is 1.43 bits per heavy atom. The van der Waals surface area contributed by atoms with E-state index in [0.717, 1.165) is 11.8 Å². The summed E-state index contributed by atoms with van der Waals surface area (Å²) < 4.78 is 0. The van der Waals surface area contributed by atoms with E-state index in [4.69, 9.17) is 5.11 Å². The second-order valence-corrected chi connectivity index (χ2v) is 3.42. The first-order valence-electron chi connectivity index (χ1n) is 3.92. The number of rotatable bonds is 3. The van der Waals surface area contributed by atoms with Crippen LogP contribution >= 0.6 is 11.8 Å². The van der Waals surface area contributed by atoms with Crippen LogP contribution in [0.25, 0.3) is 6.08 Å². The summed E-state index contributed by atoms with van der Waals surface area (Å²) >= 11 is 1.13. The molecule has 0 aliphatic heterocycles. The van der Waals surface area contributed by atoms with Gasteiger partial charge in [0.1, 0.15) is 5.75 Å². The van der Waals surface area contributed by atoms with Crippen LogP contribution in [0.4, 0.5) is 0 Å². The highest BCUT2D eigenvalue weighted by atomic mass is 32.2. The maximum absolute atomic E-state index is 10.7. The van der Waals surface area contributed by atoms with E-state index >= 15 is 0 Å². The minimum Gasteiger partial charge on any atom is -0.507 e. The summed E-state index contributed by atoms with van der Waals surface area (Å²) in [6.07, 6.45) is 3.13. The summed E-state index contributed by atoms with van der Waals surface area (Å²) in [7, 11) is 0. The number of hydrogen-bond donors (Lipinski definition) is 2. The maximum Gasteiger partial charge on any atom is 0.342 e. The highest BCUT2D eigenvalue weighted by Crippen LogP contribution is 2.22. The van der Waals surface area contributed by atoms with Crippen LogP contribution in [-0.4, -0.2) is 22.4 Å². The number of aliphatic carboxylic acids is 1. The topological polar surface area (TPSA) is 57.5 Å². The molecule has 0 heterocycles. The summed E-state index contributed by atoms with van der Waals surface area (Å²) in [4.78, 5) is 10.9. The van der Waals surface area contributed by atoms with Crippen molar-refractivity contribution >= 4 is 23.8 Å². The van der Waals surface area contributed by atoms with Gasteiger partial charge in [-0.15, -0.1) is 11.8 Å². The van der Waals surface area contributed by atoms with Gasteiger partial charge in [-0.1, -0.05) is 18.2 Å². The zero-order valence-corrected chi connectivity index (χ0v) is 8.41. The number of thioether (sulfide) groups is 1. The Morgan fingerprint density at radius 3 is 2.57 bits per heavy atom. The van der Waals surface area contributed by atoms with Crippen molar-refractivity contribution in [3.05, 3.63) is 34.7 Å². The third-order valence-corrected chi connectivity index (χ3v) is 2.39. The number of para-hydroxylation sites is 1. The largest absolute Gasteiger partial charge is 0.507 e. The van der Waals surface area contributed by atoms with Gasteiger partial charge in [0.15, 0.2) is 0 Å². The van der Waals surface area contributed by atoms with Crippen LogP contribution in [0, 0.1) is 0 Å². The number of aromatic hydroxyl groups is 1. The van der Waals surface area contributed by atoms with Gasteiger partial charge in [0.25, 0.3) is 0 Å². The van der Waals surface area contributed by atoms with Crippen LogP contribution < -0.4 is 0 Å². The fourth-order valence-corrected chi connectivity index (χ4v) is 1.38. The molecule has 0 amide bonds. The molecule has 0 saturated heterocycles. The monoisotopic (exact) mass is 210 g/mol. The van der Waals surface area contributed by atoms with Crippen molar-refractivity contribution in [1.82, 2.24) is 0 Å². The highest BCUT2D eigenvalue weighted by Gasteiger charge is 2.06. The van der Waals surface area contributed by atoms with E-state index in [0.29, 0.717) is 5.56 Å². The fourth-order valence-electron chi connectivity index (χ4n) is 0.959. The molecule has 0 bridgehead atoms. The Hall–Kier alpha value is -1.42. The molecule has 1 aromatic carbocycles. The van der Waals surface area contributed by atoms with Gasteiger partial charge < -0.3 is 10.2 Å². The SMILES string of the molecule is CS/C(=C/c1ccccc1O)C(=O)O. The van der Waals surface area contributed by atoms with Crippen molar-refractivity contribution in [2.75, 3.05) is 6.26 Å². The first-order chi connectivity index (χ1) is 6.65. The summed E-state index contributed by atoms with van der Waals surface area (Å²) in [5.41, 5.74) is 0.513. The van der Waals surface area contributed by atoms with Gasteiger partial charge in [-0.05, 0) is 18.4 Å². The quantitative estimate of drug-likeness (QED) is 0.751. The molecule has 0 atom stereocenters. The van der Waals surface area contributed by atoms with Crippen molar-refractivity contribution in [1.29, 1.82) is 0 Å². The number of carbonyl (C=O) groups is 1.